The molecule has 0 saturated carbocycles. The van der Waals surface area contributed by atoms with E-state index in [-0.39, 0.29) is 54.1 Å². The van der Waals surface area contributed by atoms with Crippen LogP contribution in [0, 0.1) is 11.8 Å². The maximum Gasteiger partial charge on any atom is 0.334 e. The number of phenolic OH excluding ortho intramolecular Hbond substituents is 1. The molecule has 2 fully saturated rings. The number of nitrogens with one attached hydrogen (secondary N) is 5. The second-order valence-electron chi connectivity index (χ2n) is 19.3. The number of rotatable bonds is 4. The van der Waals surface area contributed by atoms with Gasteiger partial charge in [0.25, 0.3) is 0 Å². The lowest BCUT2D eigenvalue weighted by Crippen LogP contribution is -2.55. The number of aromatic nitrogens is 3. The second-order valence-corrected chi connectivity index (χ2v) is 20.1. The molecule has 9 atom stereocenters. The molecule has 4 amide bonds. The molecule has 3 aliphatic heterocycles. The zero-order chi connectivity index (χ0) is 49.7. The minimum atomic E-state index is -1.02. The van der Waals surface area contributed by atoms with Gasteiger partial charge >= 0.3 is 17.7 Å². The fraction of sp³-hybridized carbons (Fsp3) is 0.462. The lowest BCUT2D eigenvalue weighted by Gasteiger charge is -2.36. The van der Waals surface area contributed by atoms with Crippen molar-refractivity contribution < 1.29 is 33.8 Å². The van der Waals surface area contributed by atoms with Crippen molar-refractivity contribution in [1.29, 1.82) is 0 Å². The minimum absolute atomic E-state index is 0.0439. The summed E-state index contributed by atoms with van der Waals surface area (Å²) in [7, 11) is 3.72. The molecule has 5 aromatic rings. The highest BCUT2D eigenvalue weighted by atomic mass is 79.9. The maximum absolute atomic E-state index is 14.3. The van der Waals surface area contributed by atoms with Gasteiger partial charge in [0.2, 0.25) is 17.7 Å². The molecular formula is C52H65BrN8O8. The van der Waals surface area contributed by atoms with Crippen LogP contribution in [0.5, 0.6) is 5.75 Å². The van der Waals surface area contributed by atoms with E-state index < -0.39 is 42.0 Å². The minimum Gasteiger partial charge on any atom is -0.508 e. The molecule has 69 heavy (non-hydrogen) atoms. The number of para-hydroxylation sites is 3. The summed E-state index contributed by atoms with van der Waals surface area (Å²) >= 11 is 3.60. The van der Waals surface area contributed by atoms with E-state index in [1.165, 1.54) is 34.4 Å². The van der Waals surface area contributed by atoms with E-state index in [2.05, 4.69) is 59.9 Å². The first kappa shape index (κ1) is 50.7. The number of esters is 1. The van der Waals surface area contributed by atoms with Gasteiger partial charge in [-0.05, 0) is 130 Å². The molecule has 8 rings (SSSR count). The van der Waals surface area contributed by atoms with E-state index in [4.69, 9.17) is 4.74 Å². The molecule has 368 valence electrons. The summed E-state index contributed by atoms with van der Waals surface area (Å²) in [6, 6.07) is 19.4. The summed E-state index contributed by atoms with van der Waals surface area (Å²) in [6.07, 6.45) is 7.12. The van der Waals surface area contributed by atoms with E-state index in [0.29, 0.717) is 46.1 Å². The van der Waals surface area contributed by atoms with Crippen LogP contribution >= 0.6 is 15.9 Å². The Morgan fingerprint density at radius 3 is 2.16 bits per heavy atom. The van der Waals surface area contributed by atoms with Crippen LogP contribution in [0.25, 0.3) is 21.9 Å². The van der Waals surface area contributed by atoms with E-state index in [1.807, 2.05) is 64.1 Å². The normalized spacial score (nSPS) is 27.4. The number of imidazole rings is 1. The number of allylic oxidation sites excluding steroid dienone is 2. The molecule has 17 heteroatoms. The number of aromatic amines is 2. The molecule has 2 bridgehead atoms. The number of likely N-dealkylation sites (N-methyl/N-ethyl adjacent to an activating group) is 1. The van der Waals surface area contributed by atoms with Crippen molar-refractivity contribution in [3.8, 4) is 5.75 Å². The highest BCUT2D eigenvalue weighted by Crippen LogP contribution is 2.34. The topological polar surface area (TPSA) is 211 Å². The van der Waals surface area contributed by atoms with Crippen molar-refractivity contribution >= 4 is 67.6 Å². The Kier molecular flexibility index (Phi) is 16.2. The van der Waals surface area contributed by atoms with Crippen LogP contribution < -0.4 is 21.6 Å². The average Bonchev–Trinajstić information content (AvgIpc) is 3.87. The van der Waals surface area contributed by atoms with E-state index >= 15 is 0 Å². The van der Waals surface area contributed by atoms with Crippen molar-refractivity contribution in [3.63, 3.8) is 0 Å². The van der Waals surface area contributed by atoms with Crippen molar-refractivity contribution in [2.24, 2.45) is 11.8 Å². The van der Waals surface area contributed by atoms with Gasteiger partial charge in [-0.15, -0.1) is 0 Å². The van der Waals surface area contributed by atoms with Crippen LogP contribution in [0.4, 0.5) is 4.79 Å². The Morgan fingerprint density at radius 1 is 0.812 bits per heavy atom. The van der Waals surface area contributed by atoms with Crippen molar-refractivity contribution in [2.45, 2.75) is 128 Å². The molecule has 0 spiro atoms. The quantitative estimate of drug-likeness (QED) is 0.0792. The number of halogens is 1. The van der Waals surface area contributed by atoms with Gasteiger partial charge < -0.3 is 45.6 Å². The lowest BCUT2D eigenvalue weighted by molar-refractivity contribution is -0.149. The van der Waals surface area contributed by atoms with Crippen LogP contribution in [-0.4, -0.2) is 110 Å². The number of ether oxygens (including phenoxy) is 1. The van der Waals surface area contributed by atoms with Crippen LogP contribution in [0.15, 0.2) is 93.8 Å². The third kappa shape index (κ3) is 12.2. The Labute approximate surface area is 410 Å². The fourth-order valence-corrected chi connectivity index (χ4v) is 10.9. The number of fused-ring (bicyclic) bond motifs is 4. The number of piperidine rings is 1. The van der Waals surface area contributed by atoms with Crippen LogP contribution in [0.3, 0.4) is 0 Å². The number of amides is 4. The average molecular weight is 1010 g/mol. The Balaban J connectivity index is 0.000000263. The highest BCUT2D eigenvalue weighted by Gasteiger charge is 2.39. The van der Waals surface area contributed by atoms with Crippen LogP contribution in [0.1, 0.15) is 96.7 Å². The van der Waals surface area contributed by atoms with E-state index in [9.17, 15) is 33.9 Å². The first-order valence-electron chi connectivity index (χ1n) is 23.9. The first-order valence-corrected chi connectivity index (χ1v) is 24.7. The molecule has 0 radical (unpaired) electrons. The smallest absolute Gasteiger partial charge is 0.334 e. The number of nitrogens with zero attached hydrogens (tertiary/aromatic N) is 3. The molecular weight excluding hydrogens is 945 g/mol. The van der Waals surface area contributed by atoms with Gasteiger partial charge in [0.1, 0.15) is 17.8 Å². The predicted molar refractivity (Wildman–Crippen MR) is 268 cm³/mol. The van der Waals surface area contributed by atoms with Crippen molar-refractivity contribution in [2.75, 3.05) is 14.1 Å². The predicted octanol–water partition coefficient (Wildman–Crippen LogP) is 7.21. The monoisotopic (exact) mass is 1010 g/mol. The molecule has 2 aromatic heterocycles. The zero-order valence-corrected chi connectivity index (χ0v) is 42.0. The standard InChI is InChI=1S/C36H45BrN4O6.C16H20N4O2/c1-20-15-21(2)17-23(4)47-32(43)19-30(25-11-13-26(42)14-12-25)40-35(45)31(18-28-27-9-7-8-10-29(27)39-33(28)37)41(6)36(46)24(5)38-34(44)22(3)16-20;1-19-11-6-7-12(19)9-10(8-11)17-15(21)20-14-5-3-2-4-13(14)18-16(20)22/h7-15,21-24,30-31,39,42H,16-19H2,1-6H3,(H,38,44)(H,40,45);2-5,10-12H,6-9H2,1H3,(H,17,21)(H,18,22)/b20-15+;/t21-,22-,23-,24-,30+,31+;10-,11+,12-/m0./s1. The largest absolute Gasteiger partial charge is 0.508 e. The van der Waals surface area contributed by atoms with Crippen molar-refractivity contribution in [3.05, 3.63) is 111 Å². The molecule has 2 saturated heterocycles. The van der Waals surface area contributed by atoms with Gasteiger partial charge in [0.05, 0.1) is 34.2 Å². The van der Waals surface area contributed by atoms with Gasteiger partial charge in [0.15, 0.2) is 0 Å². The molecule has 3 aliphatic rings. The van der Waals surface area contributed by atoms with Crippen LogP contribution in [0.2, 0.25) is 0 Å². The van der Waals surface area contributed by atoms with E-state index in [1.54, 1.807) is 38.2 Å². The number of benzene rings is 3. The number of aromatic hydroxyl groups is 1. The van der Waals surface area contributed by atoms with Gasteiger partial charge in [0, 0.05) is 48.4 Å². The number of hydrogen-bond donors (Lipinski definition) is 6. The summed E-state index contributed by atoms with van der Waals surface area (Å²) in [6.45, 7) is 9.27. The molecule has 3 aromatic carbocycles. The van der Waals surface area contributed by atoms with Gasteiger partial charge in [-0.2, -0.15) is 0 Å². The molecule has 6 N–H and O–H groups in total. The zero-order valence-electron chi connectivity index (χ0n) is 40.4. The number of carbonyl (C=O) groups is 5. The Hall–Kier alpha value is -6.20. The summed E-state index contributed by atoms with van der Waals surface area (Å²) in [5.41, 5.74) is 4.22. The van der Waals surface area contributed by atoms with Gasteiger partial charge in [-0.1, -0.05) is 68.0 Å². The van der Waals surface area contributed by atoms with Crippen LogP contribution in [-0.2, 0) is 30.3 Å². The number of cyclic esters (lactones) is 1. The van der Waals surface area contributed by atoms with E-state index in [0.717, 1.165) is 34.9 Å². The molecule has 16 nitrogen and oxygen atoms in total. The maximum atomic E-state index is 14.3. The summed E-state index contributed by atoms with van der Waals surface area (Å²) in [5.74, 6) is -1.93. The van der Waals surface area contributed by atoms with Gasteiger partial charge in [-0.25, -0.2) is 14.2 Å². The third-order valence-corrected chi connectivity index (χ3v) is 14.6. The summed E-state index contributed by atoms with van der Waals surface area (Å²) in [5, 5.41) is 19.7. The summed E-state index contributed by atoms with van der Waals surface area (Å²) < 4.78 is 7.68. The number of carbonyl (C=O) groups excluding carboxylic acids is 5. The number of phenols is 1. The summed E-state index contributed by atoms with van der Waals surface area (Å²) in [4.78, 5) is 89.0. The van der Waals surface area contributed by atoms with Gasteiger partial charge in [-0.3, -0.25) is 19.2 Å². The molecule has 5 heterocycles. The SMILES string of the molecule is C/C1=C\[C@H](C)C[C@H](C)OC(=O)C[C@H](c2ccc(O)cc2)NC(=O)[C@@H](Cc2c(Br)[nH]c3ccccc23)N(C)C(=O)[C@H](C)NC(=O)[C@@H](C)C1.CN1[C@@H]2CC[C@H]1C[C@@H](NC(=O)n1c(=O)[nH]c3ccccc31)C2. The first-order chi connectivity index (χ1) is 32.9. The highest BCUT2D eigenvalue weighted by molar-refractivity contribution is 9.10. The second kappa shape index (κ2) is 22.0. The molecule has 0 aliphatic carbocycles. The van der Waals surface area contributed by atoms with Crippen molar-refractivity contribution in [1.82, 2.24) is 40.3 Å². The third-order valence-electron chi connectivity index (χ3n) is 13.9. The number of H-pyrrole nitrogens is 2. The molecule has 0 unspecified atom stereocenters. The Bertz CT molecular complexity index is 2750. The Morgan fingerprint density at radius 2 is 1.46 bits per heavy atom. The lowest BCUT2D eigenvalue weighted by atomic mass is 9.95. The fourth-order valence-electron chi connectivity index (χ4n) is 10.3. The number of hydrogen-bond acceptors (Lipinski definition) is 9.